The van der Waals surface area contributed by atoms with Crippen molar-refractivity contribution in [3.05, 3.63) is 0 Å². The predicted molar refractivity (Wildman–Crippen MR) is 31.4 cm³/mol. The Morgan fingerprint density at radius 3 is 2.38 bits per heavy atom. The van der Waals surface area contributed by atoms with E-state index in [1.54, 1.807) is 0 Å². The summed E-state index contributed by atoms with van der Waals surface area (Å²) in [5.41, 5.74) is 4.91. The van der Waals surface area contributed by atoms with E-state index in [4.69, 9.17) is 13.6 Å². The number of hydrogen-bond acceptors (Lipinski definition) is 1. The Morgan fingerprint density at radius 1 is 1.75 bits per heavy atom. The first-order valence-corrected chi connectivity index (χ1v) is 2.76. The highest BCUT2D eigenvalue weighted by Gasteiger charge is 2.30. The summed E-state index contributed by atoms with van der Waals surface area (Å²) in [6, 6.07) is 0. The number of nitrogens with two attached hydrogens (primary N) is 1. The van der Waals surface area contributed by atoms with Crippen molar-refractivity contribution >= 4 is 13.8 Å². The number of rotatable bonds is 2. The van der Waals surface area contributed by atoms with Gasteiger partial charge in [0.1, 0.15) is 0 Å². The minimum Gasteiger partial charge on any atom is -0.370 e. The summed E-state index contributed by atoms with van der Waals surface area (Å²) in [5, 5.41) is 0. The molecule has 1 saturated carbocycles. The van der Waals surface area contributed by atoms with Crippen LogP contribution in [0.4, 0.5) is 0 Å². The van der Waals surface area contributed by atoms with Gasteiger partial charge in [0.05, 0.1) is 7.85 Å². The molecular formula is C5H8BNO. The first-order chi connectivity index (χ1) is 3.72. The summed E-state index contributed by atoms with van der Waals surface area (Å²) in [6.07, 6.45) is 2.15. The van der Waals surface area contributed by atoms with Gasteiger partial charge in [0, 0.05) is 5.82 Å². The molecule has 0 aromatic rings. The summed E-state index contributed by atoms with van der Waals surface area (Å²) >= 11 is 0. The Labute approximate surface area is 49.8 Å². The lowest BCUT2D eigenvalue weighted by Gasteiger charge is -2.01. The first kappa shape index (κ1) is 5.67. The van der Waals surface area contributed by atoms with Crippen molar-refractivity contribution in [2.45, 2.75) is 18.7 Å². The summed E-state index contributed by atoms with van der Waals surface area (Å²) < 4.78 is 0. The second kappa shape index (κ2) is 1.80. The largest absolute Gasteiger partial charge is 0.370 e. The molecule has 1 atom stereocenters. The average molecular weight is 109 g/mol. The maximum Gasteiger partial charge on any atom is 0.212 e. The lowest BCUT2D eigenvalue weighted by atomic mass is 9.82. The van der Waals surface area contributed by atoms with E-state index in [1.165, 1.54) is 0 Å². The van der Waals surface area contributed by atoms with Crippen molar-refractivity contribution in [3.63, 3.8) is 0 Å². The smallest absolute Gasteiger partial charge is 0.212 e. The Bertz CT molecular complexity index is 111. The van der Waals surface area contributed by atoms with Gasteiger partial charge < -0.3 is 5.73 Å². The molecule has 8 heavy (non-hydrogen) atoms. The van der Waals surface area contributed by atoms with Gasteiger partial charge in [-0.2, -0.15) is 0 Å². The standard InChI is InChI=1S/C5H8BNO/c6-4(5(7)8)3-1-2-3/h3-4H,1-2H2,(H2,7,8)/t4-/m0/s1. The molecule has 2 nitrogen and oxygen atoms in total. The van der Waals surface area contributed by atoms with Crippen LogP contribution < -0.4 is 5.73 Å². The molecule has 0 heterocycles. The van der Waals surface area contributed by atoms with Crippen molar-refractivity contribution in [1.29, 1.82) is 0 Å². The van der Waals surface area contributed by atoms with Crippen LogP contribution in [0.3, 0.4) is 0 Å². The molecule has 3 heteroatoms. The van der Waals surface area contributed by atoms with Crippen LogP contribution in [0, 0.1) is 5.92 Å². The lowest BCUT2D eigenvalue weighted by Crippen LogP contribution is -2.19. The highest BCUT2D eigenvalue weighted by atomic mass is 16.1. The van der Waals surface area contributed by atoms with Gasteiger partial charge >= 0.3 is 0 Å². The zero-order valence-electron chi connectivity index (χ0n) is 4.63. The van der Waals surface area contributed by atoms with Gasteiger partial charge in [-0.1, -0.05) is 12.8 Å². The Kier molecular flexibility index (Phi) is 1.28. The van der Waals surface area contributed by atoms with E-state index in [1.807, 2.05) is 0 Å². The molecule has 0 unspecified atom stereocenters. The Morgan fingerprint density at radius 2 is 2.25 bits per heavy atom. The van der Waals surface area contributed by atoms with Gasteiger partial charge in [-0.05, 0) is 5.92 Å². The van der Waals surface area contributed by atoms with Crippen molar-refractivity contribution in [3.8, 4) is 0 Å². The van der Waals surface area contributed by atoms with Gasteiger partial charge in [0.15, 0.2) is 0 Å². The third-order valence-corrected chi connectivity index (χ3v) is 1.46. The zero-order chi connectivity index (χ0) is 6.15. The third-order valence-electron chi connectivity index (χ3n) is 1.46. The molecule has 0 spiro atoms. The van der Waals surface area contributed by atoms with Crippen LogP contribution >= 0.6 is 0 Å². The van der Waals surface area contributed by atoms with E-state index < -0.39 is 0 Å². The number of hydrogen-bond donors (Lipinski definition) is 1. The number of primary amides is 1. The summed E-state index contributed by atoms with van der Waals surface area (Å²) in [7, 11) is 5.35. The van der Waals surface area contributed by atoms with Crippen molar-refractivity contribution < 1.29 is 4.79 Å². The van der Waals surface area contributed by atoms with E-state index in [0.29, 0.717) is 5.92 Å². The van der Waals surface area contributed by atoms with Crippen molar-refractivity contribution in [2.24, 2.45) is 11.7 Å². The number of carbonyl (C=O) groups is 1. The van der Waals surface area contributed by atoms with E-state index in [0.717, 1.165) is 12.8 Å². The molecule has 0 bridgehead atoms. The molecule has 0 aromatic carbocycles. The van der Waals surface area contributed by atoms with Crippen molar-refractivity contribution in [2.75, 3.05) is 0 Å². The summed E-state index contributed by atoms with van der Waals surface area (Å²) in [5.74, 6) is -0.352. The van der Waals surface area contributed by atoms with Crippen LogP contribution in [0.2, 0.25) is 5.82 Å². The highest BCUT2D eigenvalue weighted by Crippen LogP contribution is 2.38. The Hall–Kier alpha value is -0.465. The minimum absolute atomic E-state index is 0.368. The third kappa shape index (κ3) is 1.03. The molecule has 1 rings (SSSR count). The van der Waals surface area contributed by atoms with E-state index in [-0.39, 0.29) is 11.7 Å². The van der Waals surface area contributed by atoms with Crippen LogP contribution in [0.5, 0.6) is 0 Å². The molecule has 0 aliphatic heterocycles. The molecule has 1 aliphatic rings. The molecule has 0 aromatic heterocycles. The fourth-order valence-corrected chi connectivity index (χ4v) is 0.688. The maximum absolute atomic E-state index is 10.3. The molecule has 2 radical (unpaired) electrons. The van der Waals surface area contributed by atoms with Crippen LogP contribution in [0.1, 0.15) is 12.8 Å². The molecule has 1 amide bonds. The average Bonchev–Trinajstić information content (AvgIpc) is 2.43. The molecule has 1 aliphatic carbocycles. The van der Waals surface area contributed by atoms with Gasteiger partial charge in [0.25, 0.3) is 0 Å². The maximum atomic E-state index is 10.3. The quantitative estimate of drug-likeness (QED) is 0.492. The monoisotopic (exact) mass is 109 g/mol. The fourth-order valence-electron chi connectivity index (χ4n) is 0.688. The van der Waals surface area contributed by atoms with Crippen LogP contribution in [-0.2, 0) is 4.79 Å². The molecule has 2 N–H and O–H groups in total. The summed E-state index contributed by atoms with van der Waals surface area (Å²) in [4.78, 5) is 10.3. The Balaban J connectivity index is 2.32. The zero-order valence-corrected chi connectivity index (χ0v) is 4.63. The summed E-state index contributed by atoms with van der Waals surface area (Å²) in [6.45, 7) is 0. The second-order valence-corrected chi connectivity index (χ2v) is 2.27. The molecule has 1 fully saturated rings. The normalized spacial score (nSPS) is 22.5. The fraction of sp³-hybridized carbons (Fsp3) is 0.800. The first-order valence-electron chi connectivity index (χ1n) is 2.76. The van der Waals surface area contributed by atoms with Gasteiger partial charge in [-0.3, -0.25) is 4.79 Å². The van der Waals surface area contributed by atoms with Gasteiger partial charge in [-0.25, -0.2) is 0 Å². The minimum atomic E-state index is -0.380. The van der Waals surface area contributed by atoms with E-state index in [9.17, 15) is 4.79 Å². The van der Waals surface area contributed by atoms with Crippen LogP contribution in [0.25, 0.3) is 0 Å². The lowest BCUT2D eigenvalue weighted by molar-refractivity contribution is -0.118. The second-order valence-electron chi connectivity index (χ2n) is 2.27. The SMILES string of the molecule is [B][C@H](C(N)=O)C1CC1. The molecule has 42 valence electrons. The van der Waals surface area contributed by atoms with E-state index >= 15 is 0 Å². The van der Waals surface area contributed by atoms with Crippen molar-refractivity contribution in [1.82, 2.24) is 0 Å². The van der Waals surface area contributed by atoms with Gasteiger partial charge in [-0.15, -0.1) is 0 Å². The van der Waals surface area contributed by atoms with Gasteiger partial charge in [0.2, 0.25) is 5.91 Å². The molecule has 0 saturated heterocycles. The van der Waals surface area contributed by atoms with E-state index in [2.05, 4.69) is 0 Å². The van der Waals surface area contributed by atoms with Crippen LogP contribution in [-0.4, -0.2) is 13.8 Å². The predicted octanol–water partition coefficient (Wildman–Crippen LogP) is -0.161. The highest BCUT2D eigenvalue weighted by molar-refractivity contribution is 6.23. The molecular weight excluding hydrogens is 101 g/mol. The van der Waals surface area contributed by atoms with Crippen LogP contribution in [0.15, 0.2) is 0 Å². The topological polar surface area (TPSA) is 43.1 Å². The number of amides is 1. The number of carbonyl (C=O) groups excluding carboxylic acids is 1.